The molecule has 0 aliphatic carbocycles. The Hall–Kier alpha value is -0.670. The second-order valence-electron chi connectivity index (χ2n) is 3.43. The average Bonchev–Trinajstić information content (AvgIpc) is 2.65. The Balaban J connectivity index is 2.59. The first-order valence-corrected chi connectivity index (χ1v) is 5.80. The maximum atomic E-state index is 11.2. The minimum absolute atomic E-state index is 0.0297. The number of hydrogen-bond acceptors (Lipinski definition) is 3. The van der Waals surface area contributed by atoms with Crippen molar-refractivity contribution in [1.82, 2.24) is 4.90 Å². The second-order valence-corrected chi connectivity index (χ2v) is 4.46. The third kappa shape index (κ3) is 2.93. The summed E-state index contributed by atoms with van der Waals surface area (Å²) in [7, 11) is 0. The topological polar surface area (TPSA) is 20.3 Å². The molecular formula is C11H17NOS. The highest BCUT2D eigenvalue weighted by molar-refractivity contribution is 7.09. The molecule has 0 bridgehead atoms. The Morgan fingerprint density at radius 1 is 1.64 bits per heavy atom. The molecule has 14 heavy (non-hydrogen) atoms. The van der Waals surface area contributed by atoms with Gasteiger partial charge in [-0.25, -0.2) is 0 Å². The van der Waals surface area contributed by atoms with Crippen molar-refractivity contribution in [3.63, 3.8) is 0 Å². The monoisotopic (exact) mass is 211 g/mol. The molecule has 3 heteroatoms. The van der Waals surface area contributed by atoms with E-state index in [1.807, 2.05) is 13.0 Å². The van der Waals surface area contributed by atoms with Crippen LogP contribution in [0.15, 0.2) is 17.5 Å². The van der Waals surface area contributed by atoms with Crippen molar-refractivity contribution in [2.75, 3.05) is 6.54 Å². The van der Waals surface area contributed by atoms with Crippen LogP contribution in [0.3, 0.4) is 0 Å². The molecule has 0 radical (unpaired) electrons. The van der Waals surface area contributed by atoms with E-state index in [0.29, 0.717) is 0 Å². The van der Waals surface area contributed by atoms with Crippen molar-refractivity contribution >= 4 is 17.1 Å². The molecule has 0 spiro atoms. The van der Waals surface area contributed by atoms with Gasteiger partial charge in [0.25, 0.3) is 0 Å². The molecule has 0 N–H and O–H groups in total. The van der Waals surface area contributed by atoms with Gasteiger partial charge in [0.15, 0.2) is 0 Å². The van der Waals surface area contributed by atoms with Gasteiger partial charge in [-0.05, 0) is 31.8 Å². The van der Waals surface area contributed by atoms with Crippen LogP contribution < -0.4 is 0 Å². The fourth-order valence-corrected chi connectivity index (χ4v) is 2.11. The van der Waals surface area contributed by atoms with E-state index in [9.17, 15) is 4.79 Å². The summed E-state index contributed by atoms with van der Waals surface area (Å²) in [5.74, 6) is 0.239. The number of nitrogens with zero attached hydrogens (tertiary/aromatic N) is 1. The third-order valence-corrected chi connectivity index (χ3v) is 3.34. The number of likely N-dealkylation sites (N-methyl/N-ethyl adjacent to an activating group) is 1. The zero-order valence-corrected chi connectivity index (χ0v) is 9.80. The molecule has 1 rings (SSSR count). The maximum absolute atomic E-state index is 11.2. The van der Waals surface area contributed by atoms with Crippen molar-refractivity contribution in [2.24, 2.45) is 0 Å². The number of Topliss-reactive ketones (excluding diaryl/α,β-unsaturated/α-hetero) is 1. The van der Waals surface area contributed by atoms with Crippen molar-refractivity contribution in [1.29, 1.82) is 0 Å². The number of rotatable bonds is 5. The van der Waals surface area contributed by atoms with Crippen LogP contribution in [0.1, 0.15) is 25.6 Å². The minimum atomic E-state index is 0.0297. The first-order valence-electron chi connectivity index (χ1n) is 4.92. The third-order valence-electron chi connectivity index (χ3n) is 2.48. The van der Waals surface area contributed by atoms with Crippen LogP contribution in [-0.2, 0) is 11.3 Å². The van der Waals surface area contributed by atoms with Crippen LogP contribution in [0.5, 0.6) is 0 Å². The molecular weight excluding hydrogens is 194 g/mol. The van der Waals surface area contributed by atoms with Crippen LogP contribution in [0.4, 0.5) is 0 Å². The lowest BCUT2D eigenvalue weighted by Gasteiger charge is -2.25. The smallest absolute Gasteiger partial charge is 0.146 e. The van der Waals surface area contributed by atoms with E-state index in [1.165, 1.54) is 4.88 Å². The fraction of sp³-hybridized carbons (Fsp3) is 0.545. The summed E-state index contributed by atoms with van der Waals surface area (Å²) in [6.07, 6.45) is 0. The molecule has 0 aromatic carbocycles. The van der Waals surface area contributed by atoms with E-state index in [0.717, 1.165) is 13.1 Å². The van der Waals surface area contributed by atoms with Gasteiger partial charge >= 0.3 is 0 Å². The SMILES string of the molecule is CCN(Cc1cccs1)C(C)C(C)=O. The standard InChI is InChI=1S/C11H17NOS/c1-4-12(9(2)10(3)13)8-11-6-5-7-14-11/h5-7,9H,4,8H2,1-3H3. The van der Waals surface area contributed by atoms with Crippen molar-refractivity contribution < 1.29 is 4.79 Å². The number of ketones is 1. The predicted molar refractivity (Wildman–Crippen MR) is 60.5 cm³/mol. The largest absolute Gasteiger partial charge is 0.298 e. The van der Waals surface area contributed by atoms with Gasteiger partial charge in [0.1, 0.15) is 5.78 Å². The van der Waals surface area contributed by atoms with Crippen molar-refractivity contribution in [2.45, 2.75) is 33.4 Å². The molecule has 0 aliphatic heterocycles. The summed E-state index contributed by atoms with van der Waals surface area (Å²) in [6, 6.07) is 4.19. The Morgan fingerprint density at radius 2 is 2.36 bits per heavy atom. The minimum Gasteiger partial charge on any atom is -0.298 e. The molecule has 0 saturated heterocycles. The van der Waals surface area contributed by atoms with E-state index in [-0.39, 0.29) is 11.8 Å². The van der Waals surface area contributed by atoms with Crippen molar-refractivity contribution in [3.05, 3.63) is 22.4 Å². The van der Waals surface area contributed by atoms with Gasteiger partial charge in [-0.2, -0.15) is 0 Å². The van der Waals surface area contributed by atoms with E-state index in [1.54, 1.807) is 18.3 Å². The summed E-state index contributed by atoms with van der Waals surface area (Å²) in [5, 5.41) is 2.07. The summed E-state index contributed by atoms with van der Waals surface area (Å²) in [5.41, 5.74) is 0. The lowest BCUT2D eigenvalue weighted by atomic mass is 10.2. The highest BCUT2D eigenvalue weighted by Crippen LogP contribution is 2.13. The fourth-order valence-electron chi connectivity index (χ4n) is 1.38. The Labute approximate surface area is 89.5 Å². The normalized spacial score (nSPS) is 13.1. The van der Waals surface area contributed by atoms with Gasteiger partial charge in [-0.15, -0.1) is 11.3 Å². The van der Waals surface area contributed by atoms with Gasteiger partial charge in [-0.3, -0.25) is 9.69 Å². The number of carbonyl (C=O) groups is 1. The molecule has 0 amide bonds. The Kier molecular flexibility index (Phi) is 4.29. The van der Waals surface area contributed by atoms with E-state index < -0.39 is 0 Å². The van der Waals surface area contributed by atoms with E-state index in [4.69, 9.17) is 0 Å². The summed E-state index contributed by atoms with van der Waals surface area (Å²) >= 11 is 1.74. The van der Waals surface area contributed by atoms with Gasteiger partial charge in [0, 0.05) is 11.4 Å². The van der Waals surface area contributed by atoms with Crippen LogP contribution >= 0.6 is 11.3 Å². The van der Waals surface area contributed by atoms with Gasteiger partial charge in [-0.1, -0.05) is 13.0 Å². The molecule has 0 fully saturated rings. The molecule has 0 aliphatic rings. The predicted octanol–water partition coefficient (Wildman–Crippen LogP) is 2.55. The zero-order valence-electron chi connectivity index (χ0n) is 8.99. The molecule has 1 unspecified atom stereocenters. The van der Waals surface area contributed by atoms with E-state index in [2.05, 4.69) is 23.3 Å². The van der Waals surface area contributed by atoms with Crippen LogP contribution in [-0.4, -0.2) is 23.3 Å². The van der Waals surface area contributed by atoms with Gasteiger partial charge < -0.3 is 0 Å². The molecule has 1 heterocycles. The first kappa shape index (κ1) is 11.4. The molecule has 1 atom stereocenters. The zero-order chi connectivity index (χ0) is 10.6. The Morgan fingerprint density at radius 3 is 2.79 bits per heavy atom. The number of hydrogen-bond donors (Lipinski definition) is 0. The second kappa shape index (κ2) is 5.27. The van der Waals surface area contributed by atoms with Gasteiger partial charge in [0.05, 0.1) is 6.04 Å². The molecule has 1 aromatic rings. The molecule has 0 saturated carbocycles. The van der Waals surface area contributed by atoms with Gasteiger partial charge in [0.2, 0.25) is 0 Å². The molecule has 78 valence electrons. The molecule has 2 nitrogen and oxygen atoms in total. The lowest BCUT2D eigenvalue weighted by Crippen LogP contribution is -2.36. The number of carbonyl (C=O) groups excluding carboxylic acids is 1. The highest BCUT2D eigenvalue weighted by atomic mass is 32.1. The summed E-state index contributed by atoms with van der Waals surface area (Å²) in [4.78, 5) is 14.7. The number of thiophene rings is 1. The highest BCUT2D eigenvalue weighted by Gasteiger charge is 2.16. The quantitative estimate of drug-likeness (QED) is 0.746. The van der Waals surface area contributed by atoms with Crippen LogP contribution in [0.25, 0.3) is 0 Å². The Bertz CT molecular complexity index is 281. The lowest BCUT2D eigenvalue weighted by molar-refractivity contribution is -0.121. The first-order chi connectivity index (χ1) is 6.65. The van der Waals surface area contributed by atoms with E-state index >= 15 is 0 Å². The summed E-state index contributed by atoms with van der Waals surface area (Å²) < 4.78 is 0. The van der Waals surface area contributed by atoms with Crippen molar-refractivity contribution in [3.8, 4) is 0 Å². The summed E-state index contributed by atoms with van der Waals surface area (Å²) in [6.45, 7) is 7.52. The molecule has 1 aromatic heterocycles. The maximum Gasteiger partial charge on any atom is 0.146 e. The van der Waals surface area contributed by atoms with Crippen LogP contribution in [0, 0.1) is 0 Å². The average molecular weight is 211 g/mol. The van der Waals surface area contributed by atoms with Crippen LogP contribution in [0.2, 0.25) is 0 Å².